The summed E-state index contributed by atoms with van der Waals surface area (Å²) >= 11 is 0. The van der Waals surface area contributed by atoms with Gasteiger partial charge in [-0.3, -0.25) is 14.6 Å². The highest BCUT2D eigenvalue weighted by Crippen LogP contribution is 2.10. The van der Waals surface area contributed by atoms with Gasteiger partial charge in [0.2, 0.25) is 5.91 Å². The molecule has 3 rings (SSSR count). The van der Waals surface area contributed by atoms with E-state index in [4.69, 9.17) is 4.42 Å². The molecule has 3 aromatic rings. The van der Waals surface area contributed by atoms with E-state index in [2.05, 4.69) is 15.6 Å². The Kier molecular flexibility index (Phi) is 5.57. The van der Waals surface area contributed by atoms with Crippen molar-refractivity contribution in [2.75, 3.05) is 5.32 Å². The first kappa shape index (κ1) is 17.2. The van der Waals surface area contributed by atoms with E-state index in [1.54, 1.807) is 54.9 Å². The molecule has 0 atom stereocenters. The highest BCUT2D eigenvalue weighted by molar-refractivity contribution is 6.02. The first-order valence-electron chi connectivity index (χ1n) is 8.00. The summed E-state index contributed by atoms with van der Waals surface area (Å²) in [7, 11) is 0. The van der Waals surface area contributed by atoms with E-state index in [-0.39, 0.29) is 11.8 Å². The molecular formula is C20H17N3O3. The number of hydrogen-bond acceptors (Lipinski definition) is 4. The lowest BCUT2D eigenvalue weighted by Gasteiger charge is -2.06. The molecule has 0 unspecified atom stereocenters. The molecule has 1 aromatic carbocycles. The Labute approximate surface area is 150 Å². The van der Waals surface area contributed by atoms with E-state index in [9.17, 15) is 9.59 Å². The van der Waals surface area contributed by atoms with Gasteiger partial charge in [0.1, 0.15) is 5.76 Å². The second-order valence-corrected chi connectivity index (χ2v) is 5.46. The SMILES string of the molecule is O=C(C=Cc1ccco1)Nc1ccc(C(=O)NCc2cccnc2)cc1. The zero-order chi connectivity index (χ0) is 18.2. The van der Waals surface area contributed by atoms with Crippen LogP contribution in [0.15, 0.2) is 77.7 Å². The van der Waals surface area contributed by atoms with Crippen molar-refractivity contribution < 1.29 is 14.0 Å². The Bertz CT molecular complexity index is 886. The third kappa shape index (κ3) is 4.91. The van der Waals surface area contributed by atoms with Crippen molar-refractivity contribution in [1.29, 1.82) is 0 Å². The Morgan fingerprint density at radius 3 is 2.62 bits per heavy atom. The number of benzene rings is 1. The predicted molar refractivity (Wildman–Crippen MR) is 98.2 cm³/mol. The van der Waals surface area contributed by atoms with Crippen molar-refractivity contribution in [2.45, 2.75) is 6.54 Å². The average molecular weight is 347 g/mol. The molecule has 0 bridgehead atoms. The summed E-state index contributed by atoms with van der Waals surface area (Å²) in [6.45, 7) is 0.405. The fourth-order valence-corrected chi connectivity index (χ4v) is 2.22. The van der Waals surface area contributed by atoms with Crippen molar-refractivity contribution in [1.82, 2.24) is 10.3 Å². The molecule has 0 aliphatic carbocycles. The molecule has 0 fully saturated rings. The molecule has 2 heterocycles. The van der Waals surface area contributed by atoms with Gasteiger partial charge in [-0.25, -0.2) is 0 Å². The molecule has 6 heteroatoms. The van der Waals surface area contributed by atoms with Crippen LogP contribution in [-0.2, 0) is 11.3 Å². The normalized spacial score (nSPS) is 10.6. The Balaban J connectivity index is 1.52. The first-order valence-corrected chi connectivity index (χ1v) is 8.00. The monoisotopic (exact) mass is 347 g/mol. The van der Waals surface area contributed by atoms with Crippen LogP contribution in [0.5, 0.6) is 0 Å². The van der Waals surface area contributed by atoms with Crippen molar-refractivity contribution in [2.24, 2.45) is 0 Å². The quantitative estimate of drug-likeness (QED) is 0.670. The molecular weight excluding hydrogens is 330 g/mol. The predicted octanol–water partition coefficient (Wildman–Crippen LogP) is 3.26. The molecule has 0 saturated heterocycles. The minimum Gasteiger partial charge on any atom is -0.465 e. The van der Waals surface area contributed by atoms with Crippen LogP contribution >= 0.6 is 0 Å². The first-order chi connectivity index (χ1) is 12.7. The molecule has 0 aliphatic rings. The number of rotatable bonds is 6. The smallest absolute Gasteiger partial charge is 0.251 e. The number of nitrogens with zero attached hydrogens (tertiary/aromatic N) is 1. The molecule has 0 aliphatic heterocycles. The fraction of sp³-hybridized carbons (Fsp3) is 0.0500. The zero-order valence-corrected chi connectivity index (χ0v) is 13.9. The molecule has 2 amide bonds. The van der Waals surface area contributed by atoms with Crippen molar-refractivity contribution in [3.63, 3.8) is 0 Å². The summed E-state index contributed by atoms with van der Waals surface area (Å²) < 4.78 is 5.12. The van der Waals surface area contributed by atoms with E-state index >= 15 is 0 Å². The third-order valence-corrected chi connectivity index (χ3v) is 3.53. The second-order valence-electron chi connectivity index (χ2n) is 5.46. The minimum atomic E-state index is -0.282. The Morgan fingerprint density at radius 1 is 1.08 bits per heavy atom. The van der Waals surface area contributed by atoms with Gasteiger partial charge in [0.15, 0.2) is 0 Å². The largest absolute Gasteiger partial charge is 0.465 e. The fourth-order valence-electron chi connectivity index (χ4n) is 2.22. The van der Waals surface area contributed by atoms with Gasteiger partial charge >= 0.3 is 0 Å². The standard InChI is InChI=1S/C20H17N3O3/c24-19(10-9-18-4-2-12-26-18)23-17-7-5-16(6-8-17)20(25)22-14-15-3-1-11-21-13-15/h1-13H,14H2,(H,22,25)(H,23,24). The van der Waals surface area contributed by atoms with Crippen LogP contribution in [-0.4, -0.2) is 16.8 Å². The van der Waals surface area contributed by atoms with Crippen LogP contribution in [0.2, 0.25) is 0 Å². The second kappa shape index (κ2) is 8.43. The summed E-state index contributed by atoms with van der Waals surface area (Å²) in [5.41, 5.74) is 2.04. The van der Waals surface area contributed by atoms with E-state index in [0.29, 0.717) is 23.6 Å². The minimum absolute atomic E-state index is 0.190. The maximum Gasteiger partial charge on any atom is 0.251 e. The Morgan fingerprint density at radius 2 is 1.92 bits per heavy atom. The van der Waals surface area contributed by atoms with E-state index in [1.807, 2.05) is 12.1 Å². The number of hydrogen-bond donors (Lipinski definition) is 2. The molecule has 0 spiro atoms. The van der Waals surface area contributed by atoms with Crippen LogP contribution in [0, 0.1) is 0 Å². The van der Waals surface area contributed by atoms with E-state index in [0.717, 1.165) is 5.56 Å². The van der Waals surface area contributed by atoms with Crippen molar-refractivity contribution >= 4 is 23.6 Å². The maximum absolute atomic E-state index is 12.1. The van der Waals surface area contributed by atoms with E-state index < -0.39 is 0 Å². The number of furan rings is 1. The highest BCUT2D eigenvalue weighted by Gasteiger charge is 2.06. The number of amides is 2. The summed E-state index contributed by atoms with van der Waals surface area (Å²) in [5, 5.41) is 5.54. The third-order valence-electron chi connectivity index (χ3n) is 3.53. The number of carbonyl (C=O) groups is 2. The van der Waals surface area contributed by atoms with Crippen molar-refractivity contribution in [3.05, 3.63) is 90.2 Å². The topological polar surface area (TPSA) is 84.2 Å². The lowest BCUT2D eigenvalue weighted by atomic mass is 10.2. The van der Waals surface area contributed by atoms with Gasteiger partial charge in [-0.15, -0.1) is 0 Å². The molecule has 2 N–H and O–H groups in total. The number of anilines is 1. The summed E-state index contributed by atoms with van der Waals surface area (Å²) in [5.74, 6) is 0.125. The number of nitrogens with one attached hydrogen (secondary N) is 2. The van der Waals surface area contributed by atoms with E-state index in [1.165, 1.54) is 12.3 Å². The molecule has 26 heavy (non-hydrogen) atoms. The average Bonchev–Trinajstić information content (AvgIpc) is 3.19. The van der Waals surface area contributed by atoms with Gasteiger partial charge in [0, 0.05) is 36.3 Å². The summed E-state index contributed by atoms with van der Waals surface area (Å²) in [4.78, 5) is 28.0. The lowest BCUT2D eigenvalue weighted by Crippen LogP contribution is -2.22. The summed E-state index contributed by atoms with van der Waals surface area (Å²) in [6, 6.07) is 13.9. The van der Waals surface area contributed by atoms with Crippen LogP contribution in [0.3, 0.4) is 0 Å². The molecule has 6 nitrogen and oxygen atoms in total. The van der Waals surface area contributed by atoms with Gasteiger partial charge < -0.3 is 15.1 Å². The molecule has 0 radical (unpaired) electrons. The van der Waals surface area contributed by atoms with Gasteiger partial charge in [0.25, 0.3) is 5.91 Å². The number of carbonyl (C=O) groups excluding carboxylic acids is 2. The van der Waals surface area contributed by atoms with Gasteiger partial charge in [-0.1, -0.05) is 6.07 Å². The van der Waals surface area contributed by atoms with Crippen LogP contribution in [0.4, 0.5) is 5.69 Å². The van der Waals surface area contributed by atoms with Gasteiger partial charge in [-0.2, -0.15) is 0 Å². The number of aromatic nitrogens is 1. The summed E-state index contributed by atoms with van der Waals surface area (Å²) in [6.07, 6.45) is 7.88. The highest BCUT2D eigenvalue weighted by atomic mass is 16.3. The van der Waals surface area contributed by atoms with Crippen LogP contribution in [0.1, 0.15) is 21.7 Å². The molecule has 130 valence electrons. The molecule has 0 saturated carbocycles. The van der Waals surface area contributed by atoms with Crippen LogP contribution in [0.25, 0.3) is 6.08 Å². The van der Waals surface area contributed by atoms with Crippen LogP contribution < -0.4 is 10.6 Å². The number of pyridine rings is 1. The van der Waals surface area contributed by atoms with Gasteiger partial charge in [-0.05, 0) is 54.1 Å². The maximum atomic E-state index is 12.1. The molecule has 2 aromatic heterocycles. The lowest BCUT2D eigenvalue weighted by molar-refractivity contribution is -0.111. The van der Waals surface area contributed by atoms with Gasteiger partial charge in [0.05, 0.1) is 6.26 Å². The van der Waals surface area contributed by atoms with Crippen molar-refractivity contribution in [3.8, 4) is 0 Å². The Hall–Kier alpha value is -3.67. The zero-order valence-electron chi connectivity index (χ0n) is 13.9.